The Morgan fingerprint density at radius 1 is 1.47 bits per heavy atom. The molecule has 0 spiro atoms. The lowest BCUT2D eigenvalue weighted by Gasteiger charge is -2.10. The van der Waals surface area contributed by atoms with Crippen LogP contribution in [0.25, 0.3) is 0 Å². The SMILES string of the molecule is CCNC(=NCc1cccs1)NCC1CC1.I. The Bertz CT molecular complexity index is 334. The van der Waals surface area contributed by atoms with Gasteiger partial charge in [0.15, 0.2) is 5.96 Å². The quantitative estimate of drug-likeness (QED) is 0.478. The van der Waals surface area contributed by atoms with Gasteiger partial charge < -0.3 is 10.6 Å². The highest BCUT2D eigenvalue weighted by Crippen LogP contribution is 2.27. The standard InChI is InChI=1S/C12H19N3S.HI/c1-2-13-12(14-8-10-5-6-10)15-9-11-4-3-7-16-11;/h3-4,7,10H,2,5-6,8-9H2,1H3,(H2,13,14,15);1H. The smallest absolute Gasteiger partial charge is 0.191 e. The molecule has 1 fully saturated rings. The van der Waals surface area contributed by atoms with Crippen molar-refractivity contribution in [3.63, 3.8) is 0 Å². The number of nitrogens with one attached hydrogen (secondary N) is 2. The summed E-state index contributed by atoms with van der Waals surface area (Å²) in [6.45, 7) is 4.86. The number of hydrogen-bond donors (Lipinski definition) is 2. The zero-order valence-electron chi connectivity index (χ0n) is 10.1. The molecule has 0 aromatic carbocycles. The molecular weight excluding hydrogens is 345 g/mol. The minimum atomic E-state index is 0. The third-order valence-corrected chi connectivity index (χ3v) is 3.43. The van der Waals surface area contributed by atoms with E-state index in [1.165, 1.54) is 17.7 Å². The summed E-state index contributed by atoms with van der Waals surface area (Å²) >= 11 is 1.76. The van der Waals surface area contributed by atoms with Crippen molar-refractivity contribution in [3.8, 4) is 0 Å². The van der Waals surface area contributed by atoms with E-state index in [2.05, 4.69) is 40.1 Å². The van der Waals surface area contributed by atoms with Crippen molar-refractivity contribution in [2.45, 2.75) is 26.3 Å². The van der Waals surface area contributed by atoms with Crippen LogP contribution in [-0.4, -0.2) is 19.0 Å². The fraction of sp³-hybridized carbons (Fsp3) is 0.583. The highest BCUT2D eigenvalue weighted by atomic mass is 127. The van der Waals surface area contributed by atoms with E-state index in [1.807, 2.05) is 0 Å². The molecule has 0 radical (unpaired) electrons. The van der Waals surface area contributed by atoms with Crippen LogP contribution in [0, 0.1) is 5.92 Å². The van der Waals surface area contributed by atoms with Gasteiger partial charge in [-0.15, -0.1) is 35.3 Å². The van der Waals surface area contributed by atoms with E-state index in [9.17, 15) is 0 Å². The first-order chi connectivity index (χ1) is 7.88. The molecule has 0 bridgehead atoms. The number of nitrogens with zero attached hydrogens (tertiary/aromatic N) is 1. The maximum atomic E-state index is 4.56. The zero-order chi connectivity index (χ0) is 11.2. The van der Waals surface area contributed by atoms with Crippen molar-refractivity contribution in [1.29, 1.82) is 0 Å². The Hall–Kier alpha value is -0.300. The van der Waals surface area contributed by atoms with Gasteiger partial charge in [0.1, 0.15) is 0 Å². The van der Waals surface area contributed by atoms with Gasteiger partial charge in [-0.25, -0.2) is 4.99 Å². The predicted molar refractivity (Wildman–Crippen MR) is 85.3 cm³/mol. The Morgan fingerprint density at radius 2 is 2.29 bits per heavy atom. The Morgan fingerprint density at radius 3 is 2.88 bits per heavy atom. The van der Waals surface area contributed by atoms with Crippen LogP contribution in [0.5, 0.6) is 0 Å². The van der Waals surface area contributed by atoms with Gasteiger partial charge in [0, 0.05) is 18.0 Å². The summed E-state index contributed by atoms with van der Waals surface area (Å²) in [5, 5.41) is 8.75. The summed E-state index contributed by atoms with van der Waals surface area (Å²) in [7, 11) is 0. The zero-order valence-corrected chi connectivity index (χ0v) is 13.3. The van der Waals surface area contributed by atoms with Crippen molar-refractivity contribution in [1.82, 2.24) is 10.6 Å². The molecule has 1 aliphatic rings. The van der Waals surface area contributed by atoms with Crippen LogP contribution in [-0.2, 0) is 6.54 Å². The van der Waals surface area contributed by atoms with Crippen LogP contribution in [0.15, 0.2) is 22.5 Å². The summed E-state index contributed by atoms with van der Waals surface area (Å²) in [6, 6.07) is 4.19. The van der Waals surface area contributed by atoms with Crippen molar-refractivity contribution in [2.75, 3.05) is 13.1 Å². The van der Waals surface area contributed by atoms with E-state index in [0.717, 1.165) is 31.5 Å². The number of guanidine groups is 1. The lowest BCUT2D eigenvalue weighted by Crippen LogP contribution is -2.38. The molecule has 96 valence electrons. The Kier molecular flexibility index (Phi) is 6.87. The van der Waals surface area contributed by atoms with Gasteiger partial charge in [0.2, 0.25) is 0 Å². The van der Waals surface area contributed by atoms with Crippen molar-refractivity contribution in [2.24, 2.45) is 10.9 Å². The number of aliphatic imine (C=N–C) groups is 1. The molecule has 1 heterocycles. The Balaban J connectivity index is 0.00000144. The second-order valence-electron chi connectivity index (χ2n) is 4.10. The predicted octanol–water partition coefficient (Wildman–Crippen LogP) is 2.83. The topological polar surface area (TPSA) is 36.4 Å². The minimum Gasteiger partial charge on any atom is -0.357 e. The van der Waals surface area contributed by atoms with Gasteiger partial charge in [0.25, 0.3) is 0 Å². The van der Waals surface area contributed by atoms with Crippen LogP contribution >= 0.6 is 35.3 Å². The van der Waals surface area contributed by atoms with Crippen molar-refractivity contribution < 1.29 is 0 Å². The maximum absolute atomic E-state index is 4.56. The first-order valence-electron chi connectivity index (χ1n) is 5.93. The molecule has 3 nitrogen and oxygen atoms in total. The van der Waals surface area contributed by atoms with Gasteiger partial charge in [0.05, 0.1) is 6.54 Å². The summed E-state index contributed by atoms with van der Waals surface area (Å²) in [6.07, 6.45) is 2.74. The molecule has 1 aromatic rings. The number of rotatable bonds is 5. The second kappa shape index (κ2) is 7.92. The maximum Gasteiger partial charge on any atom is 0.191 e. The normalized spacial score (nSPS) is 15.2. The third kappa shape index (κ3) is 5.72. The first kappa shape index (κ1) is 14.8. The van der Waals surface area contributed by atoms with E-state index < -0.39 is 0 Å². The second-order valence-corrected chi connectivity index (χ2v) is 5.13. The molecule has 2 rings (SSSR count). The summed E-state index contributed by atoms with van der Waals surface area (Å²) in [4.78, 5) is 5.87. The minimum absolute atomic E-state index is 0. The summed E-state index contributed by atoms with van der Waals surface area (Å²) in [5.74, 6) is 1.83. The first-order valence-corrected chi connectivity index (χ1v) is 6.81. The van der Waals surface area contributed by atoms with E-state index in [1.54, 1.807) is 11.3 Å². The number of thiophene rings is 1. The van der Waals surface area contributed by atoms with Gasteiger partial charge in [-0.2, -0.15) is 0 Å². The van der Waals surface area contributed by atoms with E-state index in [-0.39, 0.29) is 24.0 Å². The molecule has 0 saturated heterocycles. The Labute approximate surface area is 124 Å². The molecule has 17 heavy (non-hydrogen) atoms. The van der Waals surface area contributed by atoms with Gasteiger partial charge >= 0.3 is 0 Å². The highest BCUT2D eigenvalue weighted by Gasteiger charge is 2.20. The summed E-state index contributed by atoms with van der Waals surface area (Å²) in [5.41, 5.74) is 0. The molecule has 2 N–H and O–H groups in total. The van der Waals surface area contributed by atoms with Crippen LogP contribution < -0.4 is 10.6 Å². The van der Waals surface area contributed by atoms with Crippen LogP contribution in [0.3, 0.4) is 0 Å². The number of halogens is 1. The fourth-order valence-corrected chi connectivity index (χ4v) is 2.09. The van der Waals surface area contributed by atoms with Crippen LogP contribution in [0.4, 0.5) is 0 Å². The molecule has 5 heteroatoms. The average molecular weight is 365 g/mol. The molecule has 0 atom stereocenters. The van der Waals surface area contributed by atoms with Crippen molar-refractivity contribution >= 4 is 41.3 Å². The van der Waals surface area contributed by atoms with E-state index in [4.69, 9.17) is 0 Å². The molecule has 0 aliphatic heterocycles. The molecular formula is C12H20IN3S. The lowest BCUT2D eigenvalue weighted by molar-refractivity contribution is 0.740. The monoisotopic (exact) mass is 365 g/mol. The molecule has 1 saturated carbocycles. The molecule has 0 unspecified atom stereocenters. The van der Waals surface area contributed by atoms with Gasteiger partial charge in [-0.3, -0.25) is 0 Å². The highest BCUT2D eigenvalue weighted by molar-refractivity contribution is 14.0. The van der Waals surface area contributed by atoms with E-state index in [0.29, 0.717) is 0 Å². The van der Waals surface area contributed by atoms with E-state index >= 15 is 0 Å². The largest absolute Gasteiger partial charge is 0.357 e. The van der Waals surface area contributed by atoms with Crippen LogP contribution in [0.1, 0.15) is 24.6 Å². The van der Waals surface area contributed by atoms with Gasteiger partial charge in [-0.05, 0) is 37.1 Å². The molecule has 1 aromatic heterocycles. The third-order valence-electron chi connectivity index (χ3n) is 2.57. The average Bonchev–Trinajstić information content (AvgIpc) is 2.97. The lowest BCUT2D eigenvalue weighted by atomic mass is 10.4. The van der Waals surface area contributed by atoms with Crippen LogP contribution in [0.2, 0.25) is 0 Å². The fourth-order valence-electron chi connectivity index (χ4n) is 1.46. The summed E-state index contributed by atoms with van der Waals surface area (Å²) < 4.78 is 0. The van der Waals surface area contributed by atoms with Gasteiger partial charge in [-0.1, -0.05) is 6.07 Å². The number of hydrogen-bond acceptors (Lipinski definition) is 2. The van der Waals surface area contributed by atoms with Crippen molar-refractivity contribution in [3.05, 3.63) is 22.4 Å². The molecule has 1 aliphatic carbocycles. The molecule has 0 amide bonds.